The van der Waals surface area contributed by atoms with Crippen LogP contribution in [-0.4, -0.2) is 16.9 Å². The molecule has 70 valence electrons. The van der Waals surface area contributed by atoms with Gasteiger partial charge in [-0.1, -0.05) is 0 Å². The van der Waals surface area contributed by atoms with E-state index in [2.05, 4.69) is 4.98 Å². The van der Waals surface area contributed by atoms with E-state index >= 15 is 0 Å². The van der Waals surface area contributed by atoms with Crippen molar-refractivity contribution in [3.63, 3.8) is 0 Å². The summed E-state index contributed by atoms with van der Waals surface area (Å²) in [7, 11) is 0. The van der Waals surface area contributed by atoms with Crippen LogP contribution in [0, 0.1) is 6.92 Å². The monoisotopic (exact) mass is 227 g/mol. The number of nitrogens with zero attached hydrogens (tertiary/aromatic N) is 1. The Bertz CT molecular complexity index is 280. The third kappa shape index (κ3) is 14.1. The Morgan fingerprint density at radius 3 is 1.53 bits per heavy atom. The normalized spacial score (nSPS) is 7.00. The average Bonchev–Trinajstić information content (AvgIpc) is 2.06. The molecule has 7 heteroatoms. The predicted molar refractivity (Wildman–Crippen MR) is 39.0 cm³/mol. The van der Waals surface area contributed by atoms with E-state index < -0.39 is 11.9 Å². The summed E-state index contributed by atoms with van der Waals surface area (Å²) in [4.78, 5) is 21.7. The van der Waals surface area contributed by atoms with E-state index in [4.69, 9.17) is 19.8 Å². The first-order valence-corrected chi connectivity index (χ1v) is 3.33. The smallest absolute Gasteiger partial charge is 0.543 e. The van der Waals surface area contributed by atoms with Crippen molar-refractivity contribution < 1.29 is 78.9 Å². The van der Waals surface area contributed by atoms with Gasteiger partial charge in [-0.25, -0.2) is 0 Å². The number of carboxylic acids is 2. The summed E-state index contributed by atoms with van der Waals surface area (Å²) in [6.45, 7) is 2.04. The van der Waals surface area contributed by atoms with Crippen molar-refractivity contribution in [1.29, 1.82) is 0 Å². The van der Waals surface area contributed by atoms with Crippen LogP contribution in [0.2, 0.25) is 0 Å². The van der Waals surface area contributed by atoms with E-state index in [0.29, 0.717) is 0 Å². The molecule has 0 saturated carbocycles. The first-order valence-electron chi connectivity index (χ1n) is 3.33. The number of pyridine rings is 1. The van der Waals surface area contributed by atoms with Gasteiger partial charge in [0, 0.05) is 12.4 Å². The molecule has 0 N–H and O–H groups in total. The minimum atomic E-state index is -2.19. The Morgan fingerprint density at radius 2 is 1.40 bits per heavy atom. The van der Waals surface area contributed by atoms with Crippen molar-refractivity contribution in [2.45, 2.75) is 6.92 Å². The minimum absolute atomic E-state index is 0. The Kier molecular flexibility index (Phi) is 16.6. The largest absolute Gasteiger partial charge is 1.00 e. The zero-order valence-electron chi connectivity index (χ0n) is 8.89. The molecular formula is C8H7NNa2O4. The van der Waals surface area contributed by atoms with E-state index in [9.17, 15) is 0 Å². The van der Waals surface area contributed by atoms with Crippen molar-refractivity contribution in [2.24, 2.45) is 0 Å². The van der Waals surface area contributed by atoms with Crippen LogP contribution in [0.15, 0.2) is 24.5 Å². The van der Waals surface area contributed by atoms with Crippen molar-refractivity contribution >= 4 is 11.9 Å². The summed E-state index contributed by atoms with van der Waals surface area (Å²) in [6, 6.07) is 3.94. The molecule has 0 bridgehead atoms. The number of aryl methyl sites for hydroxylation is 1. The van der Waals surface area contributed by atoms with Gasteiger partial charge >= 0.3 is 59.1 Å². The Morgan fingerprint density at radius 1 is 1.07 bits per heavy atom. The van der Waals surface area contributed by atoms with E-state index in [1.807, 2.05) is 19.1 Å². The molecule has 0 unspecified atom stereocenters. The zero-order valence-corrected chi connectivity index (χ0v) is 12.9. The Balaban J connectivity index is -0.000000172. The van der Waals surface area contributed by atoms with Crippen LogP contribution in [0.1, 0.15) is 5.56 Å². The number of rotatable bonds is 0. The number of hydrogen-bond acceptors (Lipinski definition) is 5. The standard InChI is InChI=1S/C6H7N.C2H2O4.2Na/c1-6-2-4-7-5-3-6;3-1(4)2(5)6;;/h2-5H,1H3;(H,3,4)(H,5,6);;/q;;2*+1/p-2. The second-order valence-electron chi connectivity index (χ2n) is 2.10. The molecule has 1 heterocycles. The van der Waals surface area contributed by atoms with Crippen LogP contribution >= 0.6 is 0 Å². The van der Waals surface area contributed by atoms with E-state index in [0.717, 1.165) is 0 Å². The molecule has 0 spiro atoms. The molecule has 1 aromatic rings. The molecule has 1 rings (SSSR count). The number of carbonyl (C=O) groups is 2. The third-order valence-corrected chi connectivity index (χ3v) is 1.01. The topological polar surface area (TPSA) is 93.2 Å². The molecule has 0 aliphatic heterocycles. The molecule has 0 saturated heterocycles. The molecule has 0 atom stereocenters. The van der Waals surface area contributed by atoms with Crippen molar-refractivity contribution in [1.82, 2.24) is 4.98 Å². The maximum Gasteiger partial charge on any atom is 1.00 e. The number of carbonyl (C=O) groups excluding carboxylic acids is 2. The maximum absolute atomic E-state index is 8.93. The van der Waals surface area contributed by atoms with E-state index in [1.54, 1.807) is 12.4 Å². The molecule has 5 nitrogen and oxygen atoms in total. The molecular weight excluding hydrogens is 220 g/mol. The van der Waals surface area contributed by atoms with Gasteiger partial charge in [0.1, 0.15) is 0 Å². The zero-order chi connectivity index (χ0) is 10.3. The minimum Gasteiger partial charge on any atom is -0.543 e. The maximum atomic E-state index is 8.93. The van der Waals surface area contributed by atoms with Crippen molar-refractivity contribution in [3.8, 4) is 0 Å². The number of carboxylic acid groups (broad SMARTS) is 2. The van der Waals surface area contributed by atoms with Crippen LogP contribution < -0.4 is 69.3 Å². The summed E-state index contributed by atoms with van der Waals surface area (Å²) in [5.41, 5.74) is 1.26. The number of aliphatic carboxylic acids is 2. The summed E-state index contributed by atoms with van der Waals surface area (Å²) in [6.07, 6.45) is 3.57. The van der Waals surface area contributed by atoms with Crippen LogP contribution in [0.3, 0.4) is 0 Å². The molecule has 0 aliphatic carbocycles. The quantitative estimate of drug-likeness (QED) is 0.324. The fourth-order valence-corrected chi connectivity index (χ4v) is 0.426. The summed E-state index contributed by atoms with van der Waals surface area (Å²) in [5, 5.41) is 17.9. The van der Waals surface area contributed by atoms with Gasteiger partial charge in [0.25, 0.3) is 0 Å². The number of aromatic nitrogens is 1. The van der Waals surface area contributed by atoms with Gasteiger partial charge in [0.2, 0.25) is 0 Å². The van der Waals surface area contributed by atoms with Gasteiger partial charge in [0.15, 0.2) is 0 Å². The fourth-order valence-electron chi connectivity index (χ4n) is 0.426. The average molecular weight is 227 g/mol. The summed E-state index contributed by atoms with van der Waals surface area (Å²) >= 11 is 0. The molecule has 0 aromatic carbocycles. The number of hydrogen-bond donors (Lipinski definition) is 0. The molecule has 15 heavy (non-hydrogen) atoms. The fraction of sp³-hybridized carbons (Fsp3) is 0.125. The predicted octanol–water partition coefficient (Wildman–Crippen LogP) is -8.12. The second-order valence-corrected chi connectivity index (χ2v) is 2.10. The van der Waals surface area contributed by atoms with Crippen molar-refractivity contribution in [2.75, 3.05) is 0 Å². The van der Waals surface area contributed by atoms with Gasteiger partial charge in [-0.15, -0.1) is 0 Å². The molecule has 1 aromatic heterocycles. The van der Waals surface area contributed by atoms with Gasteiger partial charge in [-0.3, -0.25) is 4.98 Å². The van der Waals surface area contributed by atoms with Gasteiger partial charge < -0.3 is 19.8 Å². The van der Waals surface area contributed by atoms with Crippen LogP contribution in [0.25, 0.3) is 0 Å². The van der Waals surface area contributed by atoms with E-state index in [-0.39, 0.29) is 59.1 Å². The first kappa shape index (κ1) is 20.5. The molecule has 0 fully saturated rings. The molecule has 0 aliphatic rings. The van der Waals surface area contributed by atoms with Crippen LogP contribution in [0.4, 0.5) is 0 Å². The molecule has 0 amide bonds. The third-order valence-electron chi connectivity index (χ3n) is 1.01. The Labute approximate surface area is 131 Å². The second kappa shape index (κ2) is 12.2. The van der Waals surface area contributed by atoms with E-state index in [1.165, 1.54) is 5.56 Å². The SMILES string of the molecule is Cc1ccncc1.O=C([O-])C(=O)[O-].[Na+].[Na+]. The summed E-state index contributed by atoms with van der Waals surface area (Å²) < 4.78 is 0. The van der Waals surface area contributed by atoms with Gasteiger partial charge in [0.05, 0.1) is 11.9 Å². The summed E-state index contributed by atoms with van der Waals surface area (Å²) in [5.74, 6) is -4.37. The van der Waals surface area contributed by atoms with Crippen molar-refractivity contribution in [3.05, 3.63) is 30.1 Å². The van der Waals surface area contributed by atoms with Crippen LogP contribution in [-0.2, 0) is 9.59 Å². The van der Waals surface area contributed by atoms with Gasteiger partial charge in [-0.2, -0.15) is 0 Å². The van der Waals surface area contributed by atoms with Crippen LogP contribution in [0.5, 0.6) is 0 Å². The first-order chi connectivity index (χ1) is 6.04. The Hall–Kier alpha value is 0.0900. The molecule has 0 radical (unpaired) electrons. The van der Waals surface area contributed by atoms with Gasteiger partial charge in [-0.05, 0) is 24.6 Å².